The van der Waals surface area contributed by atoms with Gasteiger partial charge in [-0.25, -0.2) is 0 Å². The summed E-state index contributed by atoms with van der Waals surface area (Å²) >= 11 is 0. The molecule has 0 aliphatic heterocycles. The Labute approximate surface area is 113 Å². The first-order chi connectivity index (χ1) is 8.91. The summed E-state index contributed by atoms with van der Waals surface area (Å²) in [5, 5.41) is 11.7. The van der Waals surface area contributed by atoms with E-state index in [1.165, 1.54) is 4.90 Å². The van der Waals surface area contributed by atoms with Gasteiger partial charge >= 0.3 is 11.8 Å². The molecule has 0 fully saturated rings. The topological polar surface area (TPSA) is 69.6 Å². The number of aryl methyl sites for hydroxylation is 1. The van der Waals surface area contributed by atoms with E-state index in [1.807, 2.05) is 19.1 Å². The first-order valence-electron chi connectivity index (χ1n) is 6.22. The maximum absolute atomic E-state index is 11.8. The molecule has 0 spiro atoms. The van der Waals surface area contributed by atoms with Crippen LogP contribution in [0.1, 0.15) is 18.9 Å². The number of rotatable bonds is 4. The number of likely N-dealkylation sites (N-methyl/N-ethyl adjacent to an activating group) is 1. The fraction of sp³-hybridized carbons (Fsp3) is 0.429. The lowest BCUT2D eigenvalue weighted by molar-refractivity contribution is -0.142. The van der Waals surface area contributed by atoms with Crippen molar-refractivity contribution in [3.8, 4) is 0 Å². The highest BCUT2D eigenvalue weighted by molar-refractivity contribution is 6.39. The first-order valence-corrected chi connectivity index (χ1v) is 6.22. The van der Waals surface area contributed by atoms with Crippen LogP contribution in [0.3, 0.4) is 0 Å². The van der Waals surface area contributed by atoms with Gasteiger partial charge in [0.25, 0.3) is 0 Å². The van der Waals surface area contributed by atoms with Crippen LogP contribution in [0.5, 0.6) is 0 Å². The highest BCUT2D eigenvalue weighted by atomic mass is 16.3. The average Bonchev–Trinajstić information content (AvgIpc) is 2.37. The molecule has 0 aliphatic rings. The van der Waals surface area contributed by atoms with Crippen LogP contribution >= 0.6 is 0 Å². The molecule has 1 atom stereocenters. The predicted molar refractivity (Wildman–Crippen MR) is 73.7 cm³/mol. The van der Waals surface area contributed by atoms with Crippen molar-refractivity contribution in [1.29, 1.82) is 0 Å². The maximum Gasteiger partial charge on any atom is 0.313 e. The molecule has 1 unspecified atom stereocenters. The number of nitrogens with one attached hydrogen (secondary N) is 1. The quantitative estimate of drug-likeness (QED) is 0.802. The number of anilines is 1. The summed E-state index contributed by atoms with van der Waals surface area (Å²) in [5.41, 5.74) is 1.53. The van der Waals surface area contributed by atoms with E-state index < -0.39 is 17.9 Å². The number of carbonyl (C=O) groups excluding carboxylic acids is 2. The van der Waals surface area contributed by atoms with Gasteiger partial charge < -0.3 is 15.3 Å². The highest BCUT2D eigenvalue weighted by Crippen LogP contribution is 2.13. The van der Waals surface area contributed by atoms with E-state index in [-0.39, 0.29) is 0 Å². The Morgan fingerprint density at radius 3 is 2.58 bits per heavy atom. The number of aliphatic hydroxyl groups is 1. The Kier molecular flexibility index (Phi) is 5.51. The molecule has 0 aromatic heterocycles. The number of aliphatic hydroxyl groups excluding tert-OH is 1. The van der Waals surface area contributed by atoms with Gasteiger partial charge in [-0.15, -0.1) is 0 Å². The Balaban J connectivity index is 2.58. The third kappa shape index (κ3) is 4.71. The van der Waals surface area contributed by atoms with Gasteiger partial charge in [-0.3, -0.25) is 9.59 Å². The molecule has 5 heteroatoms. The second-order valence-corrected chi connectivity index (χ2v) is 4.63. The molecule has 2 N–H and O–H groups in total. The molecule has 1 rings (SSSR count). The molecule has 0 saturated carbocycles. The van der Waals surface area contributed by atoms with E-state index in [1.54, 1.807) is 26.1 Å². The van der Waals surface area contributed by atoms with Crippen LogP contribution in [0, 0.1) is 6.92 Å². The zero-order valence-electron chi connectivity index (χ0n) is 11.5. The van der Waals surface area contributed by atoms with E-state index in [0.717, 1.165) is 5.56 Å². The molecule has 0 aliphatic carbocycles. The molecular formula is C14H20N2O3. The third-order valence-corrected chi connectivity index (χ3v) is 2.82. The maximum atomic E-state index is 11.8. The molecule has 2 amide bonds. The standard InChI is InChI=1S/C14H20N2O3/c1-10-6-4-5-7-12(10)15-13(18)14(19)16(3)9-8-11(2)17/h4-7,11,17H,8-9H2,1-3H3,(H,15,18). The van der Waals surface area contributed by atoms with Crippen LogP contribution in [0.25, 0.3) is 0 Å². The summed E-state index contributed by atoms with van der Waals surface area (Å²) in [7, 11) is 1.54. The predicted octanol–water partition coefficient (Wildman–Crippen LogP) is 1.16. The average molecular weight is 264 g/mol. The van der Waals surface area contributed by atoms with Crippen molar-refractivity contribution in [1.82, 2.24) is 4.90 Å². The normalized spacial score (nSPS) is 11.8. The molecule has 0 bridgehead atoms. The van der Waals surface area contributed by atoms with Gasteiger partial charge in [-0.05, 0) is 31.9 Å². The van der Waals surface area contributed by atoms with Crippen molar-refractivity contribution >= 4 is 17.5 Å². The van der Waals surface area contributed by atoms with E-state index in [9.17, 15) is 9.59 Å². The van der Waals surface area contributed by atoms with Crippen LogP contribution in [0.2, 0.25) is 0 Å². The third-order valence-electron chi connectivity index (χ3n) is 2.82. The summed E-state index contributed by atoms with van der Waals surface area (Å²) in [6.45, 7) is 3.85. The lowest BCUT2D eigenvalue weighted by Gasteiger charge is -2.17. The fourth-order valence-corrected chi connectivity index (χ4v) is 1.54. The van der Waals surface area contributed by atoms with Crippen LogP contribution in [0.4, 0.5) is 5.69 Å². The number of hydrogen-bond donors (Lipinski definition) is 2. The highest BCUT2D eigenvalue weighted by Gasteiger charge is 2.19. The largest absolute Gasteiger partial charge is 0.393 e. The minimum absolute atomic E-state index is 0.345. The van der Waals surface area contributed by atoms with Gasteiger partial charge in [-0.2, -0.15) is 0 Å². The Bertz CT molecular complexity index is 458. The summed E-state index contributed by atoms with van der Waals surface area (Å²) in [4.78, 5) is 24.9. The fourth-order valence-electron chi connectivity index (χ4n) is 1.54. The Morgan fingerprint density at radius 2 is 2.00 bits per heavy atom. The minimum Gasteiger partial charge on any atom is -0.393 e. The van der Waals surface area contributed by atoms with E-state index in [0.29, 0.717) is 18.7 Å². The van der Waals surface area contributed by atoms with Crippen molar-refractivity contribution < 1.29 is 14.7 Å². The Morgan fingerprint density at radius 1 is 1.37 bits per heavy atom. The van der Waals surface area contributed by atoms with Crippen molar-refractivity contribution in [2.45, 2.75) is 26.4 Å². The lowest BCUT2D eigenvalue weighted by Crippen LogP contribution is -2.38. The van der Waals surface area contributed by atoms with Gasteiger partial charge in [0.1, 0.15) is 0 Å². The molecule has 19 heavy (non-hydrogen) atoms. The van der Waals surface area contributed by atoms with Gasteiger partial charge in [0.05, 0.1) is 6.10 Å². The number of para-hydroxylation sites is 1. The van der Waals surface area contributed by atoms with Gasteiger partial charge in [-0.1, -0.05) is 18.2 Å². The van der Waals surface area contributed by atoms with Crippen LogP contribution < -0.4 is 5.32 Å². The van der Waals surface area contributed by atoms with Gasteiger partial charge in [0.2, 0.25) is 0 Å². The molecule has 1 aromatic rings. The van der Waals surface area contributed by atoms with Crippen LogP contribution in [-0.4, -0.2) is 41.5 Å². The zero-order valence-corrected chi connectivity index (χ0v) is 11.5. The molecular weight excluding hydrogens is 244 g/mol. The summed E-state index contributed by atoms with van der Waals surface area (Å²) in [6, 6.07) is 7.26. The molecule has 104 valence electrons. The molecule has 0 radical (unpaired) electrons. The monoisotopic (exact) mass is 264 g/mol. The van der Waals surface area contributed by atoms with Crippen molar-refractivity contribution in [2.75, 3.05) is 18.9 Å². The van der Waals surface area contributed by atoms with Crippen molar-refractivity contribution in [2.24, 2.45) is 0 Å². The molecule has 0 heterocycles. The number of carbonyl (C=O) groups is 2. The lowest BCUT2D eigenvalue weighted by atomic mass is 10.2. The summed E-state index contributed by atoms with van der Waals surface area (Å²) in [6.07, 6.45) is -0.0467. The number of nitrogens with zero attached hydrogens (tertiary/aromatic N) is 1. The van der Waals surface area contributed by atoms with E-state index in [2.05, 4.69) is 5.32 Å². The van der Waals surface area contributed by atoms with E-state index in [4.69, 9.17) is 5.11 Å². The smallest absolute Gasteiger partial charge is 0.313 e. The molecule has 5 nitrogen and oxygen atoms in total. The zero-order chi connectivity index (χ0) is 14.4. The molecule has 0 saturated heterocycles. The second-order valence-electron chi connectivity index (χ2n) is 4.63. The van der Waals surface area contributed by atoms with Gasteiger partial charge in [0.15, 0.2) is 0 Å². The first kappa shape index (κ1) is 15.2. The van der Waals surface area contributed by atoms with Crippen LogP contribution in [0.15, 0.2) is 24.3 Å². The van der Waals surface area contributed by atoms with E-state index >= 15 is 0 Å². The number of amides is 2. The van der Waals surface area contributed by atoms with Crippen molar-refractivity contribution in [3.05, 3.63) is 29.8 Å². The van der Waals surface area contributed by atoms with Crippen LogP contribution in [-0.2, 0) is 9.59 Å². The summed E-state index contributed by atoms with van der Waals surface area (Å²) < 4.78 is 0. The number of hydrogen-bond acceptors (Lipinski definition) is 3. The minimum atomic E-state index is -0.664. The second kappa shape index (κ2) is 6.89. The SMILES string of the molecule is Cc1ccccc1NC(=O)C(=O)N(C)CCC(C)O. The Hall–Kier alpha value is -1.88. The van der Waals surface area contributed by atoms with Gasteiger partial charge in [0, 0.05) is 19.3 Å². The van der Waals surface area contributed by atoms with Crippen molar-refractivity contribution in [3.63, 3.8) is 0 Å². The molecule has 1 aromatic carbocycles. The number of benzene rings is 1. The summed E-state index contributed by atoms with van der Waals surface area (Å²) in [5.74, 6) is -1.27.